The van der Waals surface area contributed by atoms with Crippen molar-refractivity contribution in [3.05, 3.63) is 71.4 Å². The van der Waals surface area contributed by atoms with E-state index in [1.165, 1.54) is 6.08 Å². The summed E-state index contributed by atoms with van der Waals surface area (Å²) < 4.78 is 11.6. The van der Waals surface area contributed by atoms with Gasteiger partial charge in [0.15, 0.2) is 0 Å². The van der Waals surface area contributed by atoms with Crippen LogP contribution in [-0.2, 0) is 21.8 Å². The van der Waals surface area contributed by atoms with Crippen LogP contribution in [0.5, 0.6) is 0 Å². The predicted octanol–water partition coefficient (Wildman–Crippen LogP) is 5.32. The summed E-state index contributed by atoms with van der Waals surface area (Å²) in [4.78, 5) is 23.6. The van der Waals surface area contributed by atoms with Crippen molar-refractivity contribution in [3.63, 3.8) is 0 Å². The highest BCUT2D eigenvalue weighted by atomic mass is 32.2. The molecule has 1 fully saturated rings. The van der Waals surface area contributed by atoms with Gasteiger partial charge in [-0.25, -0.2) is 14.8 Å². The minimum Gasteiger partial charge on any atom is -0.445 e. The third kappa shape index (κ3) is 7.71. The maximum Gasteiger partial charge on any atom is 0.411 e. The minimum atomic E-state index is -0.507. The molecule has 0 unspecified atom stereocenters. The first-order valence-corrected chi connectivity index (χ1v) is 13.2. The zero-order valence-corrected chi connectivity index (χ0v) is 21.3. The van der Waals surface area contributed by atoms with E-state index in [1.54, 1.807) is 23.1 Å². The summed E-state index contributed by atoms with van der Waals surface area (Å²) in [6.07, 6.45) is 1.02. The van der Waals surface area contributed by atoms with Gasteiger partial charge >= 0.3 is 6.09 Å². The number of aromatic nitrogens is 2. The average Bonchev–Trinajstić information content (AvgIpc) is 3.30. The lowest BCUT2D eigenvalue weighted by molar-refractivity contribution is 0.122. The van der Waals surface area contributed by atoms with E-state index in [1.807, 2.05) is 31.2 Å². The van der Waals surface area contributed by atoms with Crippen LogP contribution in [0, 0.1) is 6.92 Å². The van der Waals surface area contributed by atoms with Crippen molar-refractivity contribution in [1.29, 1.82) is 0 Å². The molecule has 0 bridgehead atoms. The number of nitrogens with one attached hydrogen (secondary N) is 2. The molecule has 184 valence electrons. The van der Waals surface area contributed by atoms with Crippen LogP contribution in [0.3, 0.4) is 0 Å². The van der Waals surface area contributed by atoms with Gasteiger partial charge in [0.25, 0.3) is 0 Å². The van der Waals surface area contributed by atoms with E-state index in [0.29, 0.717) is 12.2 Å². The van der Waals surface area contributed by atoms with Crippen LogP contribution in [0.1, 0.15) is 17.0 Å². The van der Waals surface area contributed by atoms with E-state index in [-0.39, 0.29) is 6.61 Å². The van der Waals surface area contributed by atoms with Crippen LogP contribution in [0.2, 0.25) is 0 Å². The number of pyridine rings is 1. The highest BCUT2D eigenvalue weighted by Gasteiger charge is 2.14. The molecule has 3 aromatic rings. The summed E-state index contributed by atoms with van der Waals surface area (Å²) in [5.41, 5.74) is 4.86. The molecule has 0 saturated carbocycles. The number of amides is 1. The Labute approximate surface area is 213 Å². The molecule has 1 aromatic carbocycles. The minimum absolute atomic E-state index is 0.168. The SMILES string of the molecule is C=CCOC(=O)Nc1cccc(CNc2cc(N3CCOCC3)cc(CSc3nc(C)cs3)n2)c1. The molecular weight excluding hydrogens is 482 g/mol. The number of thiazole rings is 1. The largest absolute Gasteiger partial charge is 0.445 e. The Morgan fingerprint density at radius 3 is 2.91 bits per heavy atom. The van der Waals surface area contributed by atoms with Crippen molar-refractivity contribution in [2.45, 2.75) is 23.6 Å². The summed E-state index contributed by atoms with van der Waals surface area (Å²) >= 11 is 3.36. The average molecular weight is 512 g/mol. The van der Waals surface area contributed by atoms with E-state index in [2.05, 4.69) is 44.6 Å². The fourth-order valence-corrected chi connectivity index (χ4v) is 5.26. The van der Waals surface area contributed by atoms with Crippen molar-refractivity contribution in [2.24, 2.45) is 0 Å². The van der Waals surface area contributed by atoms with Gasteiger partial charge in [-0.3, -0.25) is 5.32 Å². The quantitative estimate of drug-likeness (QED) is 0.279. The second-order valence-corrected chi connectivity index (χ2v) is 9.99. The van der Waals surface area contributed by atoms with Crippen molar-refractivity contribution in [2.75, 3.05) is 48.4 Å². The normalized spacial score (nSPS) is 13.3. The summed E-state index contributed by atoms with van der Waals surface area (Å²) in [6.45, 7) is 9.45. The number of ether oxygens (including phenoxy) is 2. The molecule has 10 heteroatoms. The van der Waals surface area contributed by atoms with Gasteiger partial charge in [0.05, 0.1) is 18.9 Å². The number of rotatable bonds is 10. The van der Waals surface area contributed by atoms with Crippen molar-refractivity contribution in [3.8, 4) is 0 Å². The first-order chi connectivity index (χ1) is 17.1. The van der Waals surface area contributed by atoms with Crippen LogP contribution in [0.25, 0.3) is 0 Å². The molecule has 3 heterocycles. The fraction of sp³-hybridized carbons (Fsp3) is 0.320. The lowest BCUT2D eigenvalue weighted by atomic mass is 10.2. The van der Waals surface area contributed by atoms with Crippen LogP contribution in [-0.4, -0.2) is 49.0 Å². The third-order valence-electron chi connectivity index (χ3n) is 5.16. The molecule has 2 aromatic heterocycles. The van der Waals surface area contributed by atoms with E-state index in [4.69, 9.17) is 14.5 Å². The van der Waals surface area contributed by atoms with E-state index in [0.717, 1.165) is 64.9 Å². The summed E-state index contributed by atoms with van der Waals surface area (Å²) in [5.74, 6) is 1.55. The molecule has 0 aliphatic carbocycles. The van der Waals surface area contributed by atoms with Gasteiger partial charge in [-0.05, 0) is 30.7 Å². The van der Waals surface area contributed by atoms with Crippen LogP contribution >= 0.6 is 23.1 Å². The monoisotopic (exact) mass is 511 g/mol. The van der Waals surface area contributed by atoms with Gasteiger partial charge in [-0.2, -0.15) is 0 Å². The number of thioether (sulfide) groups is 1. The standard InChI is InChI=1S/C25H29N5O3S2/c1-3-9-33-24(31)29-20-6-4-5-19(12-20)15-26-23-14-22(30-7-10-32-11-8-30)13-21(28-23)17-35-25-27-18(2)16-34-25/h3-6,12-14,16H,1,7-11,15,17H2,2H3,(H,26,28)(H,29,31). The van der Waals surface area contributed by atoms with E-state index < -0.39 is 6.09 Å². The summed E-state index contributed by atoms with van der Waals surface area (Å²) in [6, 6.07) is 11.9. The van der Waals surface area contributed by atoms with E-state index in [9.17, 15) is 4.79 Å². The molecule has 4 rings (SSSR count). The zero-order chi connectivity index (χ0) is 24.5. The molecule has 0 radical (unpaired) electrons. The summed E-state index contributed by atoms with van der Waals surface area (Å²) in [7, 11) is 0. The topological polar surface area (TPSA) is 88.6 Å². The lowest BCUT2D eigenvalue weighted by Gasteiger charge is -2.29. The second-order valence-electron chi connectivity index (χ2n) is 7.91. The second kappa shape index (κ2) is 12.6. The van der Waals surface area contributed by atoms with Gasteiger partial charge < -0.3 is 19.7 Å². The fourth-order valence-electron chi connectivity index (χ4n) is 3.51. The van der Waals surface area contributed by atoms with E-state index >= 15 is 0 Å². The van der Waals surface area contributed by atoms with Crippen molar-refractivity contribution in [1.82, 2.24) is 9.97 Å². The zero-order valence-electron chi connectivity index (χ0n) is 19.7. The predicted molar refractivity (Wildman–Crippen MR) is 143 cm³/mol. The van der Waals surface area contributed by atoms with Gasteiger partial charge in [0, 0.05) is 53.9 Å². The highest BCUT2D eigenvalue weighted by Crippen LogP contribution is 2.28. The Bertz CT molecular complexity index is 1150. The Balaban J connectivity index is 1.45. The van der Waals surface area contributed by atoms with Gasteiger partial charge in [-0.1, -0.05) is 36.5 Å². The Kier molecular flexibility index (Phi) is 8.99. The smallest absolute Gasteiger partial charge is 0.411 e. The molecule has 1 aliphatic rings. The third-order valence-corrected chi connectivity index (χ3v) is 7.33. The molecule has 1 saturated heterocycles. The molecule has 1 amide bonds. The maximum atomic E-state index is 11.8. The van der Waals surface area contributed by atoms with Gasteiger partial charge in [0.2, 0.25) is 0 Å². The molecule has 0 atom stereocenters. The number of carbonyl (C=O) groups excluding carboxylic acids is 1. The van der Waals surface area contributed by atoms with Crippen LogP contribution in [0.15, 0.2) is 58.8 Å². The molecule has 0 spiro atoms. The number of nitrogens with zero attached hydrogens (tertiary/aromatic N) is 3. The lowest BCUT2D eigenvalue weighted by Crippen LogP contribution is -2.36. The molecular formula is C25H29N5O3S2. The number of hydrogen-bond acceptors (Lipinski definition) is 9. The number of aryl methyl sites for hydroxylation is 1. The van der Waals surface area contributed by atoms with Crippen molar-refractivity contribution < 1.29 is 14.3 Å². The van der Waals surface area contributed by atoms with Gasteiger partial charge in [0.1, 0.15) is 16.8 Å². The summed E-state index contributed by atoms with van der Waals surface area (Å²) in [5, 5.41) is 8.25. The van der Waals surface area contributed by atoms with Crippen molar-refractivity contribution >= 4 is 46.4 Å². The molecule has 35 heavy (non-hydrogen) atoms. The number of carbonyl (C=O) groups is 1. The molecule has 8 nitrogen and oxygen atoms in total. The molecule has 1 aliphatic heterocycles. The maximum absolute atomic E-state index is 11.8. The number of morpholine rings is 1. The first kappa shape index (κ1) is 25.0. The van der Waals surface area contributed by atoms with Crippen LogP contribution < -0.4 is 15.5 Å². The molecule has 2 N–H and O–H groups in total. The Hall–Kier alpha value is -3.08. The van der Waals surface area contributed by atoms with Gasteiger partial charge in [-0.15, -0.1) is 11.3 Å². The Morgan fingerprint density at radius 1 is 1.29 bits per heavy atom. The number of hydrogen-bond donors (Lipinski definition) is 2. The highest BCUT2D eigenvalue weighted by molar-refractivity contribution is 8.00. The Morgan fingerprint density at radius 2 is 2.14 bits per heavy atom. The number of anilines is 3. The van der Waals surface area contributed by atoms with Crippen LogP contribution in [0.4, 0.5) is 22.0 Å². The number of benzene rings is 1. The first-order valence-electron chi connectivity index (χ1n) is 11.3.